The molecule has 1 aromatic rings. The molecule has 0 nitrogen and oxygen atoms in total. The van der Waals surface area contributed by atoms with Gasteiger partial charge in [-0.2, -0.15) is 11.3 Å². The lowest BCUT2D eigenvalue weighted by atomic mass is 10.2. The van der Waals surface area contributed by atoms with Crippen LogP contribution in [0.25, 0.3) is 6.08 Å². The standard InChI is InChI=1S/C9H12S/c1-2-3-4-5-9-6-7-10-8-9/h4-8H,2-3H2,1H3. The number of thiophene rings is 1. The van der Waals surface area contributed by atoms with Crippen LogP contribution < -0.4 is 0 Å². The molecule has 10 heavy (non-hydrogen) atoms. The third-order valence-electron chi connectivity index (χ3n) is 1.31. The molecule has 1 heterocycles. The maximum atomic E-state index is 2.22. The van der Waals surface area contributed by atoms with Crippen molar-refractivity contribution in [2.45, 2.75) is 19.8 Å². The average molecular weight is 152 g/mol. The van der Waals surface area contributed by atoms with Gasteiger partial charge in [0.2, 0.25) is 0 Å². The maximum absolute atomic E-state index is 2.22. The molecule has 1 heteroatoms. The van der Waals surface area contributed by atoms with Crippen LogP contribution in [-0.4, -0.2) is 0 Å². The van der Waals surface area contributed by atoms with Crippen LogP contribution in [0.15, 0.2) is 22.9 Å². The Bertz CT molecular complexity index is 185. The van der Waals surface area contributed by atoms with Crippen LogP contribution in [0.1, 0.15) is 25.3 Å². The maximum Gasteiger partial charge on any atom is -0.00209 e. The highest BCUT2D eigenvalue weighted by molar-refractivity contribution is 7.08. The van der Waals surface area contributed by atoms with Gasteiger partial charge in [0.25, 0.3) is 0 Å². The lowest BCUT2D eigenvalue weighted by Crippen LogP contribution is -1.61. The van der Waals surface area contributed by atoms with E-state index in [0.717, 1.165) is 0 Å². The zero-order valence-electron chi connectivity index (χ0n) is 6.21. The van der Waals surface area contributed by atoms with E-state index in [1.165, 1.54) is 18.4 Å². The first-order chi connectivity index (χ1) is 4.93. The van der Waals surface area contributed by atoms with Crippen LogP contribution in [0, 0.1) is 0 Å². The van der Waals surface area contributed by atoms with E-state index in [4.69, 9.17) is 0 Å². The molecule has 1 rings (SSSR count). The molecule has 0 saturated heterocycles. The van der Waals surface area contributed by atoms with Crippen molar-refractivity contribution in [2.75, 3.05) is 0 Å². The Morgan fingerprint density at radius 1 is 1.60 bits per heavy atom. The van der Waals surface area contributed by atoms with E-state index in [2.05, 4.69) is 35.9 Å². The van der Waals surface area contributed by atoms with E-state index >= 15 is 0 Å². The second-order valence-electron chi connectivity index (χ2n) is 2.25. The summed E-state index contributed by atoms with van der Waals surface area (Å²) in [5.74, 6) is 0. The molecule has 0 radical (unpaired) electrons. The highest BCUT2D eigenvalue weighted by Gasteiger charge is 1.82. The highest BCUT2D eigenvalue weighted by atomic mass is 32.1. The molecule has 0 amide bonds. The van der Waals surface area contributed by atoms with E-state index in [-0.39, 0.29) is 0 Å². The fourth-order valence-electron chi connectivity index (χ4n) is 0.756. The fourth-order valence-corrected chi connectivity index (χ4v) is 1.38. The molecular weight excluding hydrogens is 140 g/mol. The Morgan fingerprint density at radius 3 is 3.10 bits per heavy atom. The van der Waals surface area contributed by atoms with Gasteiger partial charge >= 0.3 is 0 Å². The van der Waals surface area contributed by atoms with E-state index in [1.54, 1.807) is 11.3 Å². The molecule has 0 saturated carbocycles. The second-order valence-corrected chi connectivity index (χ2v) is 3.03. The molecule has 0 aliphatic rings. The summed E-state index contributed by atoms with van der Waals surface area (Å²) in [5, 5.41) is 4.26. The number of allylic oxidation sites excluding steroid dienone is 1. The van der Waals surface area contributed by atoms with Crippen molar-refractivity contribution in [2.24, 2.45) is 0 Å². The van der Waals surface area contributed by atoms with Gasteiger partial charge in [-0.1, -0.05) is 25.5 Å². The minimum absolute atomic E-state index is 1.19. The van der Waals surface area contributed by atoms with Crippen molar-refractivity contribution in [3.63, 3.8) is 0 Å². The molecule has 0 aromatic carbocycles. The molecular formula is C9H12S. The predicted octanol–water partition coefficient (Wildman–Crippen LogP) is 3.56. The van der Waals surface area contributed by atoms with Gasteiger partial charge in [-0.25, -0.2) is 0 Å². The first kappa shape index (κ1) is 7.55. The smallest absolute Gasteiger partial charge is 0.00209 e. The third-order valence-corrected chi connectivity index (χ3v) is 2.01. The fraction of sp³-hybridized carbons (Fsp3) is 0.333. The highest BCUT2D eigenvalue weighted by Crippen LogP contribution is 2.08. The van der Waals surface area contributed by atoms with Crippen molar-refractivity contribution in [3.05, 3.63) is 28.5 Å². The van der Waals surface area contributed by atoms with Crippen molar-refractivity contribution in [3.8, 4) is 0 Å². The van der Waals surface area contributed by atoms with Gasteiger partial charge in [0.15, 0.2) is 0 Å². The van der Waals surface area contributed by atoms with E-state index in [1.807, 2.05) is 0 Å². The summed E-state index contributed by atoms with van der Waals surface area (Å²) in [6, 6.07) is 2.14. The number of rotatable bonds is 3. The quantitative estimate of drug-likeness (QED) is 0.621. The van der Waals surface area contributed by atoms with E-state index < -0.39 is 0 Å². The molecule has 0 aliphatic heterocycles. The molecule has 0 spiro atoms. The largest absolute Gasteiger partial charge is 0.152 e. The molecule has 0 aliphatic carbocycles. The summed E-state index contributed by atoms with van der Waals surface area (Å²) in [4.78, 5) is 0. The normalized spacial score (nSPS) is 10.9. The zero-order chi connectivity index (χ0) is 7.23. The topological polar surface area (TPSA) is 0 Å². The molecule has 0 fully saturated rings. The van der Waals surface area contributed by atoms with Gasteiger partial charge in [-0.05, 0) is 28.8 Å². The van der Waals surface area contributed by atoms with Crippen molar-refractivity contribution < 1.29 is 0 Å². The Labute approximate surface area is 66.2 Å². The Kier molecular flexibility index (Phi) is 3.23. The second kappa shape index (κ2) is 4.29. The van der Waals surface area contributed by atoms with Gasteiger partial charge in [0.1, 0.15) is 0 Å². The summed E-state index contributed by atoms with van der Waals surface area (Å²) in [5.41, 5.74) is 1.33. The number of unbranched alkanes of at least 4 members (excludes halogenated alkanes) is 1. The Morgan fingerprint density at radius 2 is 2.50 bits per heavy atom. The minimum Gasteiger partial charge on any atom is -0.152 e. The van der Waals surface area contributed by atoms with Crippen molar-refractivity contribution in [1.82, 2.24) is 0 Å². The Hall–Kier alpha value is -0.560. The van der Waals surface area contributed by atoms with Crippen molar-refractivity contribution >= 4 is 17.4 Å². The van der Waals surface area contributed by atoms with Gasteiger partial charge in [-0.3, -0.25) is 0 Å². The molecule has 54 valence electrons. The summed E-state index contributed by atoms with van der Waals surface area (Å²) < 4.78 is 0. The molecule has 0 bridgehead atoms. The molecule has 0 atom stereocenters. The van der Waals surface area contributed by atoms with Gasteiger partial charge < -0.3 is 0 Å². The van der Waals surface area contributed by atoms with Crippen LogP contribution in [0.5, 0.6) is 0 Å². The van der Waals surface area contributed by atoms with Gasteiger partial charge in [0.05, 0.1) is 0 Å². The SMILES string of the molecule is CCCC=Cc1ccsc1. The number of hydrogen-bond donors (Lipinski definition) is 0. The van der Waals surface area contributed by atoms with Gasteiger partial charge in [-0.15, -0.1) is 0 Å². The monoisotopic (exact) mass is 152 g/mol. The van der Waals surface area contributed by atoms with E-state index in [0.29, 0.717) is 0 Å². The minimum atomic E-state index is 1.19. The summed E-state index contributed by atoms with van der Waals surface area (Å²) in [7, 11) is 0. The molecule has 0 unspecified atom stereocenters. The third kappa shape index (κ3) is 2.36. The lowest BCUT2D eigenvalue weighted by Gasteiger charge is -1.83. The zero-order valence-corrected chi connectivity index (χ0v) is 7.03. The van der Waals surface area contributed by atoms with Crippen molar-refractivity contribution in [1.29, 1.82) is 0 Å². The average Bonchev–Trinajstić information content (AvgIpc) is 2.41. The predicted molar refractivity (Wildman–Crippen MR) is 48.3 cm³/mol. The van der Waals surface area contributed by atoms with Crippen LogP contribution in [0.4, 0.5) is 0 Å². The molecule has 0 N–H and O–H groups in total. The van der Waals surface area contributed by atoms with Crippen LogP contribution in [0.2, 0.25) is 0 Å². The van der Waals surface area contributed by atoms with Crippen LogP contribution in [0.3, 0.4) is 0 Å². The Balaban J connectivity index is 2.40. The molecule has 1 aromatic heterocycles. The van der Waals surface area contributed by atoms with E-state index in [9.17, 15) is 0 Å². The lowest BCUT2D eigenvalue weighted by molar-refractivity contribution is 0.962. The number of hydrogen-bond acceptors (Lipinski definition) is 1. The summed E-state index contributed by atoms with van der Waals surface area (Å²) >= 11 is 1.75. The van der Waals surface area contributed by atoms with Gasteiger partial charge in [0, 0.05) is 0 Å². The van der Waals surface area contributed by atoms with Crippen LogP contribution >= 0.6 is 11.3 Å². The van der Waals surface area contributed by atoms with Crippen LogP contribution in [-0.2, 0) is 0 Å². The first-order valence-electron chi connectivity index (χ1n) is 3.62. The first-order valence-corrected chi connectivity index (χ1v) is 4.56. The summed E-state index contributed by atoms with van der Waals surface area (Å²) in [6.45, 7) is 2.19. The summed E-state index contributed by atoms with van der Waals surface area (Å²) in [6.07, 6.45) is 6.83.